The van der Waals surface area contributed by atoms with E-state index in [1.54, 1.807) is 37.4 Å². The van der Waals surface area contributed by atoms with E-state index in [1.807, 2.05) is 0 Å². The lowest BCUT2D eigenvalue weighted by Crippen LogP contribution is -2.58. The Kier molecular flexibility index (Phi) is 24.6. The smallest absolute Gasteiger partial charge is 0.243 e. The van der Waals surface area contributed by atoms with Crippen LogP contribution in [0.3, 0.4) is 0 Å². The molecule has 0 aliphatic rings. The number of primary amides is 2. The van der Waals surface area contributed by atoms with Crippen LogP contribution in [0, 0.1) is 0 Å². The second-order valence-electron chi connectivity index (χ2n) is 13.6. The summed E-state index contributed by atoms with van der Waals surface area (Å²) in [7, 11) is 1.55. The zero-order valence-electron chi connectivity index (χ0n) is 33.9. The first-order valence-electron chi connectivity index (χ1n) is 19.2. The number of amides is 9. The molecule has 1 rings (SSSR count). The first kappa shape index (κ1) is 51.4. The molecule has 16 N–H and O–H groups in total. The van der Waals surface area contributed by atoms with Crippen LogP contribution in [-0.4, -0.2) is 129 Å². The van der Waals surface area contributed by atoms with E-state index in [9.17, 15) is 47.9 Å². The molecule has 0 saturated heterocycles. The van der Waals surface area contributed by atoms with Gasteiger partial charge >= 0.3 is 0 Å². The molecule has 9 amide bonds. The van der Waals surface area contributed by atoms with Crippen molar-refractivity contribution in [1.82, 2.24) is 42.5 Å². The lowest BCUT2D eigenvalue weighted by atomic mass is 10.0. The number of guanidine groups is 1. The molecule has 0 saturated carbocycles. The number of aliphatic imine (C=N–C) groups is 1. The first-order valence-corrected chi connectivity index (χ1v) is 19.2. The summed E-state index contributed by atoms with van der Waals surface area (Å²) in [4.78, 5) is 129. The molecule has 0 aromatic heterocycles. The van der Waals surface area contributed by atoms with Crippen LogP contribution in [0.1, 0.15) is 63.9 Å². The summed E-state index contributed by atoms with van der Waals surface area (Å²) in [5.74, 6) is -6.63. The fourth-order valence-corrected chi connectivity index (χ4v) is 5.44. The topological polar surface area (TPSA) is 383 Å². The van der Waals surface area contributed by atoms with Crippen LogP contribution in [-0.2, 0) is 54.4 Å². The van der Waals surface area contributed by atoms with E-state index in [1.165, 1.54) is 6.92 Å². The number of benzene rings is 1. The van der Waals surface area contributed by atoms with Crippen molar-refractivity contribution in [3.63, 3.8) is 0 Å². The number of aldehydes is 1. The Morgan fingerprint density at radius 2 is 1.23 bits per heavy atom. The molecule has 0 spiro atoms. The van der Waals surface area contributed by atoms with E-state index in [0.29, 0.717) is 18.3 Å². The first-order chi connectivity index (χ1) is 28.4. The number of nitrogens with two attached hydrogens (primary N) is 4. The summed E-state index contributed by atoms with van der Waals surface area (Å²) in [6, 6.07) is 2.44. The van der Waals surface area contributed by atoms with Crippen LogP contribution in [0.25, 0.3) is 0 Å². The molecule has 0 radical (unpaired) electrons. The second-order valence-corrected chi connectivity index (χ2v) is 13.6. The van der Waals surface area contributed by atoms with Crippen molar-refractivity contribution in [3.8, 4) is 0 Å². The van der Waals surface area contributed by atoms with Gasteiger partial charge in [0, 0.05) is 39.3 Å². The number of likely N-dealkylation sites (N-methyl/N-ethyl adjacent to an activating group) is 1. The van der Waals surface area contributed by atoms with Gasteiger partial charge in [0.05, 0.1) is 19.1 Å². The highest BCUT2D eigenvalue weighted by atomic mass is 16.2. The van der Waals surface area contributed by atoms with Gasteiger partial charge in [0.15, 0.2) is 5.96 Å². The molecule has 0 heterocycles. The average Bonchev–Trinajstić information content (AvgIpc) is 3.19. The number of hydrogen-bond acceptors (Lipinski definition) is 12. The van der Waals surface area contributed by atoms with Crippen molar-refractivity contribution in [1.29, 1.82) is 0 Å². The van der Waals surface area contributed by atoms with Crippen LogP contribution in [0.15, 0.2) is 35.3 Å². The van der Waals surface area contributed by atoms with Gasteiger partial charge < -0.3 is 70.3 Å². The van der Waals surface area contributed by atoms with E-state index < -0.39 is 89.9 Å². The van der Waals surface area contributed by atoms with Gasteiger partial charge in [-0.3, -0.25) is 48.1 Å². The van der Waals surface area contributed by atoms with Crippen molar-refractivity contribution >= 4 is 65.4 Å². The van der Waals surface area contributed by atoms with Gasteiger partial charge in [-0.15, -0.1) is 0 Å². The van der Waals surface area contributed by atoms with E-state index >= 15 is 0 Å². The molecule has 5 atom stereocenters. The van der Waals surface area contributed by atoms with Crippen LogP contribution in [0.4, 0.5) is 0 Å². The Morgan fingerprint density at radius 3 is 1.82 bits per heavy atom. The lowest BCUT2D eigenvalue weighted by molar-refractivity contribution is -0.134. The minimum absolute atomic E-state index is 0.0353. The van der Waals surface area contributed by atoms with E-state index in [0.717, 1.165) is 0 Å². The molecule has 0 aliphatic heterocycles. The standard InChI is InChI=1S/C37H59N13O10/c1-22(52)45-20-32(56)48-26(13-15-30(54)43-16-7-11-25(33(39)57)47-31(55)19-42-2)34(58)49-27(12-14-29(38)53)35(59)50-28(18-23-8-4-3-5-9-23)36(60)46-24(21-51)10-6-17-44-37(40)41/h3-5,8-9,21,24-28,42H,6-7,10-20H2,1-2H3,(H2,38,53)(H2,39,57)(H,43,54)(H,45,52)(H,46,60)(H,47,55)(H,48,56)(H,49,58)(H,50,59)(H4,40,41,44)/t24-,25?,26?,27-,28?/m0/s1. The third-order valence-corrected chi connectivity index (χ3v) is 8.50. The zero-order valence-corrected chi connectivity index (χ0v) is 33.9. The monoisotopic (exact) mass is 845 g/mol. The quantitative estimate of drug-likeness (QED) is 0.0149. The number of nitrogens with zero attached hydrogens (tertiary/aromatic N) is 1. The number of hydrogen-bond donors (Lipinski definition) is 12. The Morgan fingerprint density at radius 1 is 0.650 bits per heavy atom. The summed E-state index contributed by atoms with van der Waals surface area (Å²) >= 11 is 0. The summed E-state index contributed by atoms with van der Waals surface area (Å²) in [6.07, 6.45) is 0.0384. The maximum atomic E-state index is 13.8. The fourth-order valence-electron chi connectivity index (χ4n) is 5.44. The predicted molar refractivity (Wildman–Crippen MR) is 217 cm³/mol. The maximum absolute atomic E-state index is 13.8. The fraction of sp³-hybridized carbons (Fsp3) is 0.541. The Bertz CT molecular complexity index is 1660. The Balaban J connectivity index is 3.19. The molecule has 332 valence electrons. The van der Waals surface area contributed by atoms with Crippen LogP contribution < -0.4 is 65.5 Å². The molecule has 23 heteroatoms. The summed E-state index contributed by atoms with van der Waals surface area (Å²) in [5.41, 5.74) is 22.0. The predicted octanol–water partition coefficient (Wildman–Crippen LogP) is -5.31. The van der Waals surface area contributed by atoms with Crippen molar-refractivity contribution in [3.05, 3.63) is 35.9 Å². The van der Waals surface area contributed by atoms with Crippen molar-refractivity contribution in [2.45, 2.75) is 94.9 Å². The molecule has 23 nitrogen and oxygen atoms in total. The van der Waals surface area contributed by atoms with Gasteiger partial charge in [0.1, 0.15) is 30.5 Å². The minimum atomic E-state index is -1.49. The summed E-state index contributed by atoms with van der Waals surface area (Å²) in [5, 5.41) is 20.1. The molecule has 3 unspecified atom stereocenters. The zero-order chi connectivity index (χ0) is 45.0. The second kappa shape index (κ2) is 28.7. The highest BCUT2D eigenvalue weighted by molar-refractivity contribution is 5.96. The third kappa shape index (κ3) is 22.9. The molecule has 60 heavy (non-hydrogen) atoms. The number of nitrogens with one attached hydrogen (secondary N) is 8. The lowest BCUT2D eigenvalue weighted by Gasteiger charge is -2.26. The van der Waals surface area contributed by atoms with Crippen molar-refractivity contribution in [2.24, 2.45) is 27.9 Å². The van der Waals surface area contributed by atoms with Gasteiger partial charge in [-0.1, -0.05) is 30.3 Å². The maximum Gasteiger partial charge on any atom is 0.243 e. The van der Waals surface area contributed by atoms with Crippen LogP contribution in [0.2, 0.25) is 0 Å². The van der Waals surface area contributed by atoms with Crippen molar-refractivity contribution in [2.75, 3.05) is 33.2 Å². The SMILES string of the molecule is CNCC(=O)NC(CCCNC(=O)CCC(NC(=O)CNC(C)=O)C(=O)N[C@@H](CCC(N)=O)C(=O)NC(Cc1ccccc1)C(=O)N[C@H](C=O)CCCN=C(N)N)C(N)=O. The van der Waals surface area contributed by atoms with Crippen LogP contribution >= 0.6 is 0 Å². The molecule has 0 aliphatic carbocycles. The largest absolute Gasteiger partial charge is 0.370 e. The minimum Gasteiger partial charge on any atom is -0.370 e. The molecular weight excluding hydrogens is 786 g/mol. The van der Waals surface area contributed by atoms with Crippen molar-refractivity contribution < 1.29 is 47.9 Å². The van der Waals surface area contributed by atoms with Gasteiger partial charge in [-0.2, -0.15) is 0 Å². The molecule has 1 aromatic rings. The van der Waals surface area contributed by atoms with Gasteiger partial charge in [-0.25, -0.2) is 0 Å². The molecule has 1 aromatic carbocycles. The van der Waals surface area contributed by atoms with E-state index in [-0.39, 0.29) is 77.0 Å². The van der Waals surface area contributed by atoms with E-state index in [2.05, 4.69) is 47.5 Å². The number of carbonyl (C=O) groups excluding carboxylic acids is 10. The third-order valence-electron chi connectivity index (χ3n) is 8.50. The normalized spacial score (nSPS) is 13.0. The Hall–Kier alpha value is -6.65. The molecular formula is C37H59N13O10. The van der Waals surface area contributed by atoms with Gasteiger partial charge in [-0.05, 0) is 51.1 Å². The molecule has 0 bridgehead atoms. The van der Waals surface area contributed by atoms with E-state index in [4.69, 9.17) is 22.9 Å². The summed E-state index contributed by atoms with van der Waals surface area (Å²) < 4.78 is 0. The highest BCUT2D eigenvalue weighted by Crippen LogP contribution is 2.08. The highest BCUT2D eigenvalue weighted by Gasteiger charge is 2.31. The average molecular weight is 846 g/mol. The summed E-state index contributed by atoms with van der Waals surface area (Å²) in [6.45, 7) is 0.882. The number of carbonyl (C=O) groups is 10. The van der Waals surface area contributed by atoms with Crippen LogP contribution in [0.5, 0.6) is 0 Å². The number of rotatable bonds is 30. The molecule has 0 fully saturated rings. The van der Waals surface area contributed by atoms with Gasteiger partial charge in [0.25, 0.3) is 0 Å². The van der Waals surface area contributed by atoms with Gasteiger partial charge in [0.2, 0.25) is 53.2 Å². The Labute approximate surface area is 347 Å².